The molecule has 2 aromatic carbocycles. The van der Waals surface area contributed by atoms with Gasteiger partial charge in [-0.2, -0.15) is 0 Å². The first-order valence-electron chi connectivity index (χ1n) is 8.36. The zero-order valence-electron chi connectivity index (χ0n) is 15.4. The standard InChI is InChI=1S/C21H25NO3/c1-14(23)16-6-10-18(11-7-16)22-20(24)15(2)25-19-12-8-17(9-13-19)21(3,4)5/h6-13,15H,1-5H3,(H,22,24)/t15-/m0/s1. The maximum Gasteiger partial charge on any atom is 0.265 e. The van der Waals surface area contributed by atoms with Crippen molar-refractivity contribution < 1.29 is 14.3 Å². The molecule has 0 unspecified atom stereocenters. The topological polar surface area (TPSA) is 55.4 Å². The molecule has 0 fully saturated rings. The van der Waals surface area contributed by atoms with E-state index in [9.17, 15) is 9.59 Å². The fourth-order valence-corrected chi connectivity index (χ4v) is 2.32. The van der Waals surface area contributed by atoms with Gasteiger partial charge in [-0.05, 0) is 61.2 Å². The van der Waals surface area contributed by atoms with Crippen LogP contribution in [-0.4, -0.2) is 17.8 Å². The van der Waals surface area contributed by atoms with Crippen molar-refractivity contribution in [2.45, 2.75) is 46.1 Å². The lowest BCUT2D eigenvalue weighted by Gasteiger charge is -2.20. The quantitative estimate of drug-likeness (QED) is 0.810. The van der Waals surface area contributed by atoms with Crippen LogP contribution in [0.15, 0.2) is 48.5 Å². The molecule has 1 amide bonds. The van der Waals surface area contributed by atoms with Crippen molar-refractivity contribution in [1.82, 2.24) is 0 Å². The number of hydrogen-bond acceptors (Lipinski definition) is 3. The number of amides is 1. The zero-order valence-corrected chi connectivity index (χ0v) is 15.4. The zero-order chi connectivity index (χ0) is 18.6. The highest BCUT2D eigenvalue weighted by atomic mass is 16.5. The van der Waals surface area contributed by atoms with Crippen molar-refractivity contribution in [2.75, 3.05) is 5.32 Å². The SMILES string of the molecule is CC(=O)c1ccc(NC(=O)[C@H](C)Oc2ccc(C(C)(C)C)cc2)cc1. The summed E-state index contributed by atoms with van der Waals surface area (Å²) in [5, 5.41) is 2.79. The van der Waals surface area contributed by atoms with E-state index in [1.54, 1.807) is 31.2 Å². The minimum Gasteiger partial charge on any atom is -0.481 e. The first-order chi connectivity index (χ1) is 11.7. The Kier molecular flexibility index (Phi) is 5.62. The fourth-order valence-electron chi connectivity index (χ4n) is 2.32. The molecule has 0 aliphatic heterocycles. The number of ether oxygens (including phenoxy) is 1. The van der Waals surface area contributed by atoms with Gasteiger partial charge in [0.25, 0.3) is 5.91 Å². The number of hydrogen-bond donors (Lipinski definition) is 1. The minimum atomic E-state index is -0.632. The van der Waals surface area contributed by atoms with E-state index in [0.717, 1.165) is 0 Å². The van der Waals surface area contributed by atoms with Crippen molar-refractivity contribution in [3.05, 3.63) is 59.7 Å². The highest BCUT2D eigenvalue weighted by molar-refractivity contribution is 5.96. The molecule has 25 heavy (non-hydrogen) atoms. The number of carbonyl (C=O) groups is 2. The summed E-state index contributed by atoms with van der Waals surface area (Å²) in [5.74, 6) is 0.409. The van der Waals surface area contributed by atoms with Crippen molar-refractivity contribution in [2.24, 2.45) is 0 Å². The van der Waals surface area contributed by atoms with Gasteiger partial charge < -0.3 is 10.1 Å². The van der Waals surface area contributed by atoms with E-state index in [4.69, 9.17) is 4.74 Å². The lowest BCUT2D eigenvalue weighted by Crippen LogP contribution is -2.30. The molecule has 4 nitrogen and oxygen atoms in total. The molecule has 0 aliphatic carbocycles. The summed E-state index contributed by atoms with van der Waals surface area (Å²) in [6.45, 7) is 9.66. The molecule has 0 saturated carbocycles. The molecule has 0 aromatic heterocycles. The molecular formula is C21H25NO3. The Balaban J connectivity index is 1.96. The number of benzene rings is 2. The molecular weight excluding hydrogens is 314 g/mol. The monoisotopic (exact) mass is 339 g/mol. The average Bonchev–Trinajstić information content (AvgIpc) is 2.55. The molecule has 132 valence electrons. The molecule has 0 spiro atoms. The van der Waals surface area contributed by atoms with Gasteiger partial charge in [0.05, 0.1) is 0 Å². The number of Topliss-reactive ketones (excluding diaryl/α,β-unsaturated/α-hetero) is 1. The molecule has 1 N–H and O–H groups in total. The number of nitrogens with one attached hydrogen (secondary N) is 1. The molecule has 2 rings (SSSR count). The first-order valence-corrected chi connectivity index (χ1v) is 8.36. The lowest BCUT2D eigenvalue weighted by atomic mass is 9.87. The van der Waals surface area contributed by atoms with Crippen molar-refractivity contribution in [3.63, 3.8) is 0 Å². The number of anilines is 1. The van der Waals surface area contributed by atoms with Crippen LogP contribution >= 0.6 is 0 Å². The highest BCUT2D eigenvalue weighted by Crippen LogP contribution is 2.24. The van der Waals surface area contributed by atoms with E-state index in [1.165, 1.54) is 12.5 Å². The predicted octanol–water partition coefficient (Wildman–Crippen LogP) is 4.59. The van der Waals surface area contributed by atoms with Crippen LogP contribution in [0.3, 0.4) is 0 Å². The third-order valence-corrected chi connectivity index (χ3v) is 3.96. The van der Waals surface area contributed by atoms with Crippen molar-refractivity contribution in [3.8, 4) is 5.75 Å². The normalized spacial score (nSPS) is 12.4. The number of ketones is 1. The summed E-state index contributed by atoms with van der Waals surface area (Å²) >= 11 is 0. The Morgan fingerprint density at radius 3 is 2.00 bits per heavy atom. The predicted molar refractivity (Wildman–Crippen MR) is 100 cm³/mol. The van der Waals surface area contributed by atoms with Gasteiger partial charge in [0.15, 0.2) is 11.9 Å². The molecule has 0 aliphatic rings. The summed E-state index contributed by atoms with van der Waals surface area (Å²) in [7, 11) is 0. The second-order valence-corrected chi connectivity index (χ2v) is 7.16. The van der Waals surface area contributed by atoms with Crippen LogP contribution < -0.4 is 10.1 Å². The van der Waals surface area contributed by atoms with Gasteiger partial charge in [-0.3, -0.25) is 9.59 Å². The highest BCUT2D eigenvalue weighted by Gasteiger charge is 2.17. The molecule has 0 saturated heterocycles. The maximum atomic E-state index is 12.3. The van der Waals surface area contributed by atoms with Gasteiger partial charge in [-0.25, -0.2) is 0 Å². The number of carbonyl (C=O) groups excluding carboxylic acids is 2. The van der Waals surface area contributed by atoms with Crippen LogP contribution in [0.4, 0.5) is 5.69 Å². The van der Waals surface area contributed by atoms with Crippen LogP contribution in [-0.2, 0) is 10.2 Å². The molecule has 0 radical (unpaired) electrons. The Morgan fingerprint density at radius 1 is 0.960 bits per heavy atom. The molecule has 0 heterocycles. The third kappa shape index (κ3) is 5.18. The van der Waals surface area contributed by atoms with Crippen LogP contribution in [0.25, 0.3) is 0 Å². The lowest BCUT2D eigenvalue weighted by molar-refractivity contribution is -0.122. The average molecular weight is 339 g/mol. The number of rotatable bonds is 5. The summed E-state index contributed by atoms with van der Waals surface area (Å²) < 4.78 is 5.71. The van der Waals surface area contributed by atoms with Gasteiger partial charge >= 0.3 is 0 Å². The Labute approximate surface area is 149 Å². The largest absolute Gasteiger partial charge is 0.481 e. The smallest absolute Gasteiger partial charge is 0.265 e. The Bertz CT molecular complexity index is 740. The van der Waals surface area contributed by atoms with Crippen molar-refractivity contribution in [1.29, 1.82) is 0 Å². The summed E-state index contributed by atoms with van der Waals surface area (Å²) in [6.07, 6.45) is -0.632. The van der Waals surface area contributed by atoms with Gasteiger partial charge in [0.2, 0.25) is 0 Å². The maximum absolute atomic E-state index is 12.3. The van der Waals surface area contributed by atoms with Crippen LogP contribution in [0.1, 0.15) is 50.5 Å². The first kappa shape index (κ1) is 18.7. The molecule has 1 atom stereocenters. The molecule has 4 heteroatoms. The Hall–Kier alpha value is -2.62. The summed E-state index contributed by atoms with van der Waals surface area (Å²) in [4.78, 5) is 23.5. The van der Waals surface area contributed by atoms with E-state index in [1.807, 2.05) is 24.3 Å². The van der Waals surface area contributed by atoms with Crippen LogP contribution in [0.5, 0.6) is 5.75 Å². The molecule has 2 aromatic rings. The van der Waals surface area contributed by atoms with E-state index in [0.29, 0.717) is 17.0 Å². The van der Waals surface area contributed by atoms with Crippen molar-refractivity contribution >= 4 is 17.4 Å². The van der Waals surface area contributed by atoms with E-state index in [-0.39, 0.29) is 17.1 Å². The van der Waals surface area contributed by atoms with E-state index in [2.05, 4.69) is 26.1 Å². The van der Waals surface area contributed by atoms with Gasteiger partial charge in [-0.1, -0.05) is 32.9 Å². The summed E-state index contributed by atoms with van der Waals surface area (Å²) in [5.41, 5.74) is 2.53. The van der Waals surface area contributed by atoms with Gasteiger partial charge in [0, 0.05) is 11.3 Å². The van der Waals surface area contributed by atoms with Gasteiger partial charge in [0.1, 0.15) is 5.75 Å². The van der Waals surface area contributed by atoms with E-state index < -0.39 is 6.10 Å². The molecule has 0 bridgehead atoms. The Morgan fingerprint density at radius 2 is 1.52 bits per heavy atom. The van der Waals surface area contributed by atoms with E-state index >= 15 is 0 Å². The minimum absolute atomic E-state index is 0.00622. The van der Waals surface area contributed by atoms with Crippen LogP contribution in [0, 0.1) is 0 Å². The van der Waals surface area contributed by atoms with Gasteiger partial charge in [-0.15, -0.1) is 0 Å². The fraction of sp³-hybridized carbons (Fsp3) is 0.333. The van der Waals surface area contributed by atoms with Crippen LogP contribution in [0.2, 0.25) is 0 Å². The third-order valence-electron chi connectivity index (χ3n) is 3.96. The second-order valence-electron chi connectivity index (χ2n) is 7.16. The second kappa shape index (κ2) is 7.51. The summed E-state index contributed by atoms with van der Waals surface area (Å²) in [6, 6.07) is 14.6.